The number of aryl methyl sites for hydroxylation is 1. The first kappa shape index (κ1) is 18.6. The van der Waals surface area contributed by atoms with Crippen LogP contribution in [0.3, 0.4) is 0 Å². The molecule has 0 spiro atoms. The first-order valence-electron chi connectivity index (χ1n) is 7.44. The van der Waals surface area contributed by atoms with Crippen LogP contribution in [0.4, 0.5) is 0 Å². The van der Waals surface area contributed by atoms with Crippen LogP contribution in [0.1, 0.15) is 23.0 Å². The van der Waals surface area contributed by atoms with Gasteiger partial charge in [0.05, 0.1) is 24.7 Å². The summed E-state index contributed by atoms with van der Waals surface area (Å²) >= 11 is 7.33. The van der Waals surface area contributed by atoms with E-state index in [1.54, 1.807) is 25.3 Å². The van der Waals surface area contributed by atoms with Gasteiger partial charge < -0.3 is 19.9 Å². The maximum Gasteiger partial charge on any atom is 0.220 e. The second-order valence-corrected chi connectivity index (χ2v) is 6.93. The summed E-state index contributed by atoms with van der Waals surface area (Å²) in [4.78, 5) is 13.0. The molecule has 0 bridgehead atoms. The van der Waals surface area contributed by atoms with Crippen molar-refractivity contribution in [2.24, 2.45) is 0 Å². The highest BCUT2D eigenvalue weighted by Gasteiger charge is 2.15. The number of ether oxygens (including phenoxy) is 2. The number of rotatable bonds is 8. The Kier molecular flexibility index (Phi) is 6.90. The summed E-state index contributed by atoms with van der Waals surface area (Å²) in [5.74, 6) is 1.04. The Morgan fingerprint density at radius 3 is 2.71 bits per heavy atom. The maximum atomic E-state index is 11.9. The zero-order valence-electron chi connectivity index (χ0n) is 13.5. The minimum Gasteiger partial charge on any atom is -0.497 e. The fraction of sp³-hybridized carbons (Fsp3) is 0.353. The SMILES string of the molecule is COc1ccc(OC)c([C@@H](O)CNC(=O)CCc2ccc(Cl)s2)c1. The van der Waals surface area contributed by atoms with Crippen LogP contribution in [0.2, 0.25) is 4.34 Å². The summed E-state index contributed by atoms with van der Waals surface area (Å²) in [6, 6.07) is 8.90. The van der Waals surface area contributed by atoms with E-state index in [2.05, 4.69) is 5.32 Å². The molecule has 5 nitrogen and oxygen atoms in total. The molecule has 130 valence electrons. The highest BCUT2D eigenvalue weighted by molar-refractivity contribution is 7.16. The first-order valence-corrected chi connectivity index (χ1v) is 8.64. The summed E-state index contributed by atoms with van der Waals surface area (Å²) < 4.78 is 11.1. The van der Waals surface area contributed by atoms with E-state index in [1.807, 2.05) is 12.1 Å². The lowest BCUT2D eigenvalue weighted by Crippen LogP contribution is -2.28. The summed E-state index contributed by atoms with van der Waals surface area (Å²) in [5.41, 5.74) is 0.571. The van der Waals surface area contributed by atoms with Crippen LogP contribution in [-0.4, -0.2) is 31.8 Å². The number of amides is 1. The van der Waals surface area contributed by atoms with Gasteiger partial charge >= 0.3 is 0 Å². The molecular formula is C17H20ClNO4S. The van der Waals surface area contributed by atoms with E-state index in [0.29, 0.717) is 34.2 Å². The molecule has 1 amide bonds. The lowest BCUT2D eigenvalue weighted by Gasteiger charge is -2.16. The Labute approximate surface area is 150 Å². The number of carbonyl (C=O) groups excluding carboxylic acids is 1. The van der Waals surface area contributed by atoms with Crippen molar-refractivity contribution < 1.29 is 19.4 Å². The van der Waals surface area contributed by atoms with Gasteiger partial charge in [-0.2, -0.15) is 0 Å². The van der Waals surface area contributed by atoms with Crippen LogP contribution < -0.4 is 14.8 Å². The Morgan fingerprint density at radius 2 is 2.08 bits per heavy atom. The summed E-state index contributed by atoms with van der Waals surface area (Å²) in [6.07, 6.45) is 0.0934. The minimum atomic E-state index is -0.879. The van der Waals surface area contributed by atoms with E-state index >= 15 is 0 Å². The van der Waals surface area contributed by atoms with Crippen LogP contribution in [0, 0.1) is 0 Å². The first-order chi connectivity index (χ1) is 11.5. The molecule has 1 heterocycles. The van der Waals surface area contributed by atoms with E-state index in [9.17, 15) is 9.90 Å². The third-order valence-electron chi connectivity index (χ3n) is 3.52. The smallest absolute Gasteiger partial charge is 0.220 e. The van der Waals surface area contributed by atoms with Gasteiger partial charge in [0.25, 0.3) is 0 Å². The van der Waals surface area contributed by atoms with Crippen molar-refractivity contribution in [2.75, 3.05) is 20.8 Å². The van der Waals surface area contributed by atoms with Gasteiger partial charge in [-0.3, -0.25) is 4.79 Å². The lowest BCUT2D eigenvalue weighted by molar-refractivity contribution is -0.121. The number of aliphatic hydroxyl groups excluding tert-OH is 1. The van der Waals surface area contributed by atoms with Gasteiger partial charge in [0.2, 0.25) is 5.91 Å². The molecule has 2 N–H and O–H groups in total. The number of aliphatic hydroxyl groups is 1. The van der Waals surface area contributed by atoms with Gasteiger partial charge in [-0.05, 0) is 36.8 Å². The van der Waals surface area contributed by atoms with Gasteiger partial charge in [-0.25, -0.2) is 0 Å². The molecule has 7 heteroatoms. The number of hydrogen-bond acceptors (Lipinski definition) is 5. The molecule has 0 fully saturated rings. The number of benzene rings is 1. The van der Waals surface area contributed by atoms with E-state index in [4.69, 9.17) is 21.1 Å². The topological polar surface area (TPSA) is 67.8 Å². The van der Waals surface area contributed by atoms with Crippen molar-refractivity contribution in [3.05, 3.63) is 45.1 Å². The van der Waals surface area contributed by atoms with E-state index in [0.717, 1.165) is 4.88 Å². The van der Waals surface area contributed by atoms with Crippen molar-refractivity contribution >= 4 is 28.8 Å². The molecule has 0 aliphatic rings. The number of carbonyl (C=O) groups is 1. The Balaban J connectivity index is 1.87. The number of methoxy groups -OCH3 is 2. The van der Waals surface area contributed by atoms with Crippen LogP contribution in [0.15, 0.2) is 30.3 Å². The standard InChI is InChI=1S/C17H20ClNO4S/c1-22-11-3-6-15(23-2)13(9-11)14(20)10-19-17(21)8-5-12-4-7-16(18)24-12/h3-4,6-7,9,14,20H,5,8,10H2,1-2H3,(H,19,21)/t14-/m0/s1. The molecule has 1 atom stereocenters. The second-order valence-electron chi connectivity index (χ2n) is 5.13. The average molecular weight is 370 g/mol. The molecule has 0 unspecified atom stereocenters. The number of nitrogens with one attached hydrogen (secondary N) is 1. The third kappa shape index (κ3) is 5.12. The van der Waals surface area contributed by atoms with Crippen LogP contribution >= 0.6 is 22.9 Å². The van der Waals surface area contributed by atoms with Crippen LogP contribution in [-0.2, 0) is 11.2 Å². The van der Waals surface area contributed by atoms with Crippen molar-refractivity contribution in [3.8, 4) is 11.5 Å². The normalized spacial score (nSPS) is 11.8. The predicted molar refractivity (Wildman–Crippen MR) is 95.2 cm³/mol. The van der Waals surface area contributed by atoms with Gasteiger partial charge in [0.15, 0.2) is 0 Å². The monoisotopic (exact) mass is 369 g/mol. The lowest BCUT2D eigenvalue weighted by atomic mass is 10.1. The fourth-order valence-corrected chi connectivity index (χ4v) is 3.32. The molecule has 1 aromatic carbocycles. The van der Waals surface area contributed by atoms with Crippen molar-refractivity contribution in [2.45, 2.75) is 18.9 Å². The van der Waals surface area contributed by atoms with Crippen LogP contribution in [0.5, 0.6) is 11.5 Å². The van der Waals surface area contributed by atoms with Crippen molar-refractivity contribution in [1.29, 1.82) is 0 Å². The van der Waals surface area contributed by atoms with E-state index < -0.39 is 6.10 Å². The Bertz CT molecular complexity index is 689. The predicted octanol–water partition coefficient (Wildman–Crippen LogP) is 3.20. The van der Waals surface area contributed by atoms with Crippen LogP contribution in [0.25, 0.3) is 0 Å². The maximum absolute atomic E-state index is 11.9. The largest absolute Gasteiger partial charge is 0.497 e. The zero-order chi connectivity index (χ0) is 17.5. The van der Waals surface area contributed by atoms with Gasteiger partial charge in [0.1, 0.15) is 11.5 Å². The Morgan fingerprint density at radius 1 is 1.29 bits per heavy atom. The van der Waals surface area contributed by atoms with E-state index in [1.165, 1.54) is 18.4 Å². The van der Waals surface area contributed by atoms with Crippen molar-refractivity contribution in [3.63, 3.8) is 0 Å². The third-order valence-corrected chi connectivity index (χ3v) is 4.81. The molecule has 2 aromatic rings. The quantitative estimate of drug-likeness (QED) is 0.749. The van der Waals surface area contributed by atoms with Gasteiger partial charge in [-0.1, -0.05) is 11.6 Å². The molecule has 0 aliphatic carbocycles. The molecule has 0 saturated carbocycles. The minimum absolute atomic E-state index is 0.105. The molecule has 24 heavy (non-hydrogen) atoms. The summed E-state index contributed by atoms with van der Waals surface area (Å²) in [5, 5.41) is 13.1. The van der Waals surface area contributed by atoms with Crippen molar-refractivity contribution in [1.82, 2.24) is 5.32 Å². The summed E-state index contributed by atoms with van der Waals surface area (Å²) in [7, 11) is 3.08. The molecule has 0 saturated heterocycles. The molecule has 1 aromatic heterocycles. The highest BCUT2D eigenvalue weighted by atomic mass is 35.5. The Hall–Kier alpha value is -1.76. The molecule has 2 rings (SSSR count). The summed E-state index contributed by atoms with van der Waals surface area (Å²) in [6.45, 7) is 0.105. The fourth-order valence-electron chi connectivity index (χ4n) is 2.23. The zero-order valence-corrected chi connectivity index (χ0v) is 15.1. The number of thiophene rings is 1. The van der Waals surface area contributed by atoms with E-state index in [-0.39, 0.29) is 12.5 Å². The average Bonchev–Trinajstić information content (AvgIpc) is 3.02. The molecular weight excluding hydrogens is 350 g/mol. The van der Waals surface area contributed by atoms with Gasteiger partial charge in [0, 0.05) is 23.4 Å². The highest BCUT2D eigenvalue weighted by Crippen LogP contribution is 2.29. The number of hydrogen-bond donors (Lipinski definition) is 2. The molecule has 0 radical (unpaired) electrons. The molecule has 0 aliphatic heterocycles. The number of halogens is 1. The van der Waals surface area contributed by atoms with Gasteiger partial charge in [-0.15, -0.1) is 11.3 Å². The second kappa shape index (κ2) is 8.92.